The van der Waals surface area contributed by atoms with Gasteiger partial charge in [-0.1, -0.05) is 12.1 Å². The SMILES string of the molecule is CN(Cc1cc(=O)oc2cc3c(cc12)CCC3)CC1COc2ccccc2O1. The molecule has 0 spiro atoms. The average Bonchev–Trinajstić information content (AvgIpc) is 3.13. The van der Waals surface area contributed by atoms with Gasteiger partial charge in [0.05, 0.1) is 0 Å². The maximum absolute atomic E-state index is 12.1. The summed E-state index contributed by atoms with van der Waals surface area (Å²) in [6.07, 6.45) is 3.30. The number of hydrogen-bond acceptors (Lipinski definition) is 5. The number of benzene rings is 2. The minimum atomic E-state index is -0.292. The van der Waals surface area contributed by atoms with Crippen molar-refractivity contribution in [1.82, 2.24) is 4.90 Å². The van der Waals surface area contributed by atoms with E-state index in [0.29, 0.717) is 25.3 Å². The van der Waals surface area contributed by atoms with Crippen LogP contribution in [0.15, 0.2) is 51.7 Å². The Balaban J connectivity index is 1.36. The van der Waals surface area contributed by atoms with E-state index in [-0.39, 0.29) is 11.7 Å². The lowest BCUT2D eigenvalue weighted by Crippen LogP contribution is -2.39. The smallest absolute Gasteiger partial charge is 0.336 e. The van der Waals surface area contributed by atoms with Crippen molar-refractivity contribution < 1.29 is 13.9 Å². The highest BCUT2D eigenvalue weighted by molar-refractivity contribution is 5.82. The standard InChI is InChI=1S/C23H23NO4/c1-24(13-18-14-26-20-7-2-3-8-21(20)27-18)12-17-11-23(25)28-22-10-16-6-4-5-15(16)9-19(17)22/h2-3,7-11,18H,4-6,12-14H2,1H3. The molecule has 2 aliphatic rings. The molecule has 0 fully saturated rings. The molecule has 5 nitrogen and oxygen atoms in total. The average molecular weight is 377 g/mol. The van der Waals surface area contributed by atoms with Crippen LogP contribution in [0.3, 0.4) is 0 Å². The van der Waals surface area contributed by atoms with E-state index in [1.807, 2.05) is 31.3 Å². The number of aryl methyl sites for hydroxylation is 2. The molecule has 144 valence electrons. The fourth-order valence-electron chi connectivity index (χ4n) is 4.28. The van der Waals surface area contributed by atoms with Crippen molar-refractivity contribution in [2.75, 3.05) is 20.2 Å². The molecular formula is C23H23NO4. The van der Waals surface area contributed by atoms with Gasteiger partial charge in [-0.2, -0.15) is 0 Å². The van der Waals surface area contributed by atoms with E-state index in [4.69, 9.17) is 13.9 Å². The summed E-state index contributed by atoms with van der Waals surface area (Å²) in [6, 6.07) is 13.6. The van der Waals surface area contributed by atoms with Crippen LogP contribution in [0.1, 0.15) is 23.1 Å². The Labute approximate surface area is 163 Å². The summed E-state index contributed by atoms with van der Waals surface area (Å²) in [7, 11) is 2.04. The lowest BCUT2D eigenvalue weighted by molar-refractivity contribution is 0.0639. The molecular weight excluding hydrogens is 354 g/mol. The molecule has 1 aromatic heterocycles. The highest BCUT2D eigenvalue weighted by Gasteiger charge is 2.22. The predicted molar refractivity (Wildman–Crippen MR) is 107 cm³/mol. The molecule has 2 heterocycles. The Hall–Kier alpha value is -2.79. The van der Waals surface area contributed by atoms with Crippen LogP contribution in [0.2, 0.25) is 0 Å². The Morgan fingerprint density at radius 2 is 1.86 bits per heavy atom. The van der Waals surface area contributed by atoms with Crippen LogP contribution in [0, 0.1) is 0 Å². The van der Waals surface area contributed by atoms with Gasteiger partial charge >= 0.3 is 5.63 Å². The second-order valence-electron chi connectivity index (χ2n) is 7.76. The van der Waals surface area contributed by atoms with Gasteiger partial charge in [-0.3, -0.25) is 4.90 Å². The van der Waals surface area contributed by atoms with Crippen molar-refractivity contribution in [3.05, 3.63) is 69.6 Å². The maximum Gasteiger partial charge on any atom is 0.336 e. The second kappa shape index (κ2) is 6.99. The zero-order valence-electron chi connectivity index (χ0n) is 15.9. The molecule has 1 unspecified atom stereocenters. The Morgan fingerprint density at radius 3 is 2.71 bits per heavy atom. The molecule has 5 rings (SSSR count). The van der Waals surface area contributed by atoms with Gasteiger partial charge in [0, 0.05) is 24.5 Å². The highest BCUT2D eigenvalue weighted by Crippen LogP contribution is 2.31. The fraction of sp³-hybridized carbons (Fsp3) is 0.348. The lowest BCUT2D eigenvalue weighted by Gasteiger charge is -2.29. The molecule has 0 N–H and O–H groups in total. The van der Waals surface area contributed by atoms with Crippen molar-refractivity contribution >= 4 is 11.0 Å². The van der Waals surface area contributed by atoms with Gasteiger partial charge in [-0.15, -0.1) is 0 Å². The highest BCUT2D eigenvalue weighted by atomic mass is 16.6. The maximum atomic E-state index is 12.1. The molecule has 1 aliphatic carbocycles. The van der Waals surface area contributed by atoms with Crippen LogP contribution in [0.4, 0.5) is 0 Å². The van der Waals surface area contributed by atoms with E-state index in [1.165, 1.54) is 17.5 Å². The molecule has 0 saturated carbocycles. The first-order valence-corrected chi connectivity index (χ1v) is 9.81. The van der Waals surface area contributed by atoms with Gasteiger partial charge in [0.15, 0.2) is 11.5 Å². The van der Waals surface area contributed by atoms with Crippen LogP contribution < -0.4 is 15.1 Å². The second-order valence-corrected chi connectivity index (χ2v) is 7.76. The zero-order valence-corrected chi connectivity index (χ0v) is 15.9. The number of nitrogens with zero attached hydrogens (tertiary/aromatic N) is 1. The summed E-state index contributed by atoms with van der Waals surface area (Å²) < 4.78 is 17.4. The van der Waals surface area contributed by atoms with E-state index in [0.717, 1.165) is 35.3 Å². The predicted octanol–water partition coefficient (Wildman–Crippen LogP) is 3.55. The van der Waals surface area contributed by atoms with Gasteiger partial charge in [0.2, 0.25) is 0 Å². The van der Waals surface area contributed by atoms with E-state index in [1.54, 1.807) is 6.07 Å². The Kier molecular flexibility index (Phi) is 4.32. The Bertz CT molecular complexity index is 1090. The molecule has 3 aromatic rings. The summed E-state index contributed by atoms with van der Waals surface area (Å²) in [5.41, 5.74) is 4.10. The van der Waals surface area contributed by atoms with Crippen LogP contribution in [0.25, 0.3) is 11.0 Å². The lowest BCUT2D eigenvalue weighted by atomic mass is 10.0. The Morgan fingerprint density at radius 1 is 1.07 bits per heavy atom. The van der Waals surface area contributed by atoms with Gasteiger partial charge < -0.3 is 13.9 Å². The third-order valence-electron chi connectivity index (χ3n) is 5.57. The quantitative estimate of drug-likeness (QED) is 0.651. The van der Waals surface area contributed by atoms with E-state index < -0.39 is 0 Å². The fourth-order valence-corrected chi connectivity index (χ4v) is 4.28. The molecule has 1 aliphatic heterocycles. The van der Waals surface area contributed by atoms with Crippen molar-refractivity contribution in [3.8, 4) is 11.5 Å². The number of hydrogen-bond donors (Lipinski definition) is 0. The normalized spacial score (nSPS) is 17.9. The van der Waals surface area contributed by atoms with Gasteiger partial charge in [-0.05, 0) is 67.3 Å². The molecule has 0 amide bonds. The minimum absolute atomic E-state index is 0.0458. The van der Waals surface area contributed by atoms with Crippen LogP contribution in [-0.2, 0) is 19.4 Å². The molecule has 0 saturated heterocycles. The summed E-state index contributed by atoms with van der Waals surface area (Å²) in [5, 5.41) is 1.04. The number of likely N-dealkylation sites (N-methyl/N-ethyl adjacent to an activating group) is 1. The first-order chi connectivity index (χ1) is 13.7. The van der Waals surface area contributed by atoms with Gasteiger partial charge in [-0.25, -0.2) is 4.79 Å². The topological polar surface area (TPSA) is 51.9 Å². The van der Waals surface area contributed by atoms with Crippen molar-refractivity contribution in [3.63, 3.8) is 0 Å². The van der Waals surface area contributed by atoms with Gasteiger partial charge in [0.25, 0.3) is 0 Å². The monoisotopic (exact) mass is 377 g/mol. The molecule has 2 aromatic carbocycles. The molecule has 28 heavy (non-hydrogen) atoms. The number of fused-ring (bicyclic) bond motifs is 3. The van der Waals surface area contributed by atoms with Crippen molar-refractivity contribution in [1.29, 1.82) is 0 Å². The van der Waals surface area contributed by atoms with Gasteiger partial charge in [0.1, 0.15) is 18.3 Å². The number of rotatable bonds is 4. The summed E-state index contributed by atoms with van der Waals surface area (Å²) in [6.45, 7) is 1.88. The summed E-state index contributed by atoms with van der Waals surface area (Å²) in [4.78, 5) is 14.3. The minimum Gasteiger partial charge on any atom is -0.486 e. The van der Waals surface area contributed by atoms with Crippen LogP contribution >= 0.6 is 0 Å². The van der Waals surface area contributed by atoms with Crippen molar-refractivity contribution in [2.45, 2.75) is 31.9 Å². The van der Waals surface area contributed by atoms with Crippen LogP contribution in [-0.4, -0.2) is 31.2 Å². The summed E-state index contributed by atoms with van der Waals surface area (Å²) >= 11 is 0. The number of ether oxygens (including phenoxy) is 2. The van der Waals surface area contributed by atoms with E-state index in [9.17, 15) is 4.79 Å². The first-order valence-electron chi connectivity index (χ1n) is 9.81. The largest absolute Gasteiger partial charge is 0.486 e. The first kappa shape index (κ1) is 17.3. The number of para-hydroxylation sites is 2. The molecule has 0 bridgehead atoms. The third-order valence-corrected chi connectivity index (χ3v) is 5.57. The molecule has 0 radical (unpaired) electrons. The zero-order chi connectivity index (χ0) is 19.1. The summed E-state index contributed by atoms with van der Waals surface area (Å²) in [5.74, 6) is 1.58. The third kappa shape index (κ3) is 3.27. The van der Waals surface area contributed by atoms with Crippen molar-refractivity contribution in [2.24, 2.45) is 0 Å². The molecule has 5 heteroatoms. The van der Waals surface area contributed by atoms with E-state index >= 15 is 0 Å². The molecule has 1 atom stereocenters. The van der Waals surface area contributed by atoms with E-state index in [2.05, 4.69) is 17.0 Å². The van der Waals surface area contributed by atoms with Crippen LogP contribution in [0.5, 0.6) is 11.5 Å².